The summed E-state index contributed by atoms with van der Waals surface area (Å²) in [6.45, 7) is 1.82. The van der Waals surface area contributed by atoms with Gasteiger partial charge in [-0.2, -0.15) is 0 Å². The molecule has 0 bridgehead atoms. The monoisotopic (exact) mass is 213 g/mol. The average molecular weight is 213 g/mol. The normalized spacial score (nSPS) is 14.7. The zero-order valence-electron chi connectivity index (χ0n) is 8.82. The molecule has 1 aromatic heterocycles. The lowest BCUT2D eigenvalue weighted by Gasteiger charge is -2.21. The van der Waals surface area contributed by atoms with Crippen molar-refractivity contribution in [2.45, 2.75) is 18.9 Å². The second kappa shape index (κ2) is 4.46. The van der Waals surface area contributed by atoms with E-state index in [-0.39, 0.29) is 18.1 Å². The third-order valence-corrected chi connectivity index (χ3v) is 2.37. The second-order valence-electron chi connectivity index (χ2n) is 3.24. The van der Waals surface area contributed by atoms with Crippen molar-refractivity contribution in [3.05, 3.63) is 23.7 Å². The molecule has 1 rings (SSSR count). The Morgan fingerprint density at radius 3 is 2.80 bits per heavy atom. The van der Waals surface area contributed by atoms with Gasteiger partial charge in [-0.05, 0) is 18.6 Å². The van der Waals surface area contributed by atoms with Crippen molar-refractivity contribution >= 4 is 5.97 Å². The number of methoxy groups -OCH3 is 1. The predicted octanol–water partition coefficient (Wildman–Crippen LogP) is 0.622. The SMILES string of the molecule is CCC(O)(CN)c1ccc(C(=O)OC)o1. The van der Waals surface area contributed by atoms with E-state index in [1.807, 2.05) is 0 Å². The lowest BCUT2D eigenvalue weighted by molar-refractivity contribution is 0.0173. The van der Waals surface area contributed by atoms with Crippen LogP contribution in [0.4, 0.5) is 0 Å². The molecular formula is C10H15NO4. The first-order valence-corrected chi connectivity index (χ1v) is 4.68. The molecule has 0 radical (unpaired) electrons. The highest BCUT2D eigenvalue weighted by atomic mass is 16.5. The Balaban J connectivity index is 2.97. The van der Waals surface area contributed by atoms with Crippen LogP contribution in [0.25, 0.3) is 0 Å². The van der Waals surface area contributed by atoms with Crippen LogP contribution in [0.15, 0.2) is 16.5 Å². The van der Waals surface area contributed by atoms with Gasteiger partial charge in [0.2, 0.25) is 5.76 Å². The van der Waals surface area contributed by atoms with E-state index in [2.05, 4.69) is 4.74 Å². The van der Waals surface area contributed by atoms with Gasteiger partial charge in [-0.3, -0.25) is 0 Å². The van der Waals surface area contributed by atoms with Crippen LogP contribution in [0, 0.1) is 0 Å². The summed E-state index contributed by atoms with van der Waals surface area (Å²) < 4.78 is 9.66. The first-order valence-electron chi connectivity index (χ1n) is 4.68. The van der Waals surface area contributed by atoms with Crippen LogP contribution in [-0.2, 0) is 10.3 Å². The Labute approximate surface area is 87.8 Å². The third kappa shape index (κ3) is 2.19. The molecule has 84 valence electrons. The highest BCUT2D eigenvalue weighted by Gasteiger charge is 2.30. The Morgan fingerprint density at radius 2 is 2.33 bits per heavy atom. The van der Waals surface area contributed by atoms with E-state index in [0.29, 0.717) is 6.42 Å². The maximum Gasteiger partial charge on any atom is 0.373 e. The van der Waals surface area contributed by atoms with Gasteiger partial charge >= 0.3 is 5.97 Å². The van der Waals surface area contributed by atoms with Crippen LogP contribution in [0.3, 0.4) is 0 Å². The van der Waals surface area contributed by atoms with E-state index in [1.165, 1.54) is 19.2 Å². The molecule has 1 heterocycles. The summed E-state index contributed by atoms with van der Waals surface area (Å²) >= 11 is 0. The maximum atomic E-state index is 11.1. The van der Waals surface area contributed by atoms with Crippen molar-refractivity contribution in [2.75, 3.05) is 13.7 Å². The molecular weight excluding hydrogens is 198 g/mol. The van der Waals surface area contributed by atoms with Gasteiger partial charge in [0.1, 0.15) is 11.4 Å². The van der Waals surface area contributed by atoms with Crippen LogP contribution in [-0.4, -0.2) is 24.7 Å². The molecule has 0 spiro atoms. The molecule has 0 aliphatic rings. The number of ether oxygens (including phenoxy) is 1. The van der Waals surface area contributed by atoms with E-state index >= 15 is 0 Å². The molecule has 1 unspecified atom stereocenters. The summed E-state index contributed by atoms with van der Waals surface area (Å²) in [6, 6.07) is 2.99. The van der Waals surface area contributed by atoms with Crippen molar-refractivity contribution in [3.63, 3.8) is 0 Å². The van der Waals surface area contributed by atoms with Gasteiger partial charge in [0.15, 0.2) is 0 Å². The van der Waals surface area contributed by atoms with E-state index in [4.69, 9.17) is 10.2 Å². The van der Waals surface area contributed by atoms with E-state index in [0.717, 1.165) is 0 Å². The van der Waals surface area contributed by atoms with E-state index < -0.39 is 11.6 Å². The van der Waals surface area contributed by atoms with Crippen molar-refractivity contribution in [2.24, 2.45) is 5.73 Å². The van der Waals surface area contributed by atoms with Crippen molar-refractivity contribution in [1.82, 2.24) is 0 Å². The Bertz CT molecular complexity index is 341. The van der Waals surface area contributed by atoms with Crippen LogP contribution in [0.2, 0.25) is 0 Å². The van der Waals surface area contributed by atoms with Crippen LogP contribution in [0.1, 0.15) is 29.7 Å². The van der Waals surface area contributed by atoms with Gasteiger partial charge in [0, 0.05) is 6.54 Å². The van der Waals surface area contributed by atoms with Gasteiger partial charge in [-0.1, -0.05) is 6.92 Å². The minimum Gasteiger partial charge on any atom is -0.463 e. The summed E-state index contributed by atoms with van der Waals surface area (Å²) in [5.74, 6) is -0.225. The Hall–Kier alpha value is -1.33. The average Bonchev–Trinajstić information content (AvgIpc) is 2.76. The fourth-order valence-electron chi connectivity index (χ4n) is 1.22. The van der Waals surface area contributed by atoms with E-state index in [1.54, 1.807) is 6.92 Å². The predicted molar refractivity (Wildman–Crippen MR) is 53.3 cm³/mol. The Morgan fingerprint density at radius 1 is 1.67 bits per heavy atom. The number of furan rings is 1. The fraction of sp³-hybridized carbons (Fsp3) is 0.500. The molecule has 0 saturated heterocycles. The maximum absolute atomic E-state index is 11.1. The highest BCUT2D eigenvalue weighted by molar-refractivity contribution is 5.86. The van der Waals surface area contributed by atoms with Crippen molar-refractivity contribution < 1.29 is 19.1 Å². The van der Waals surface area contributed by atoms with Gasteiger partial charge in [-0.25, -0.2) is 4.79 Å². The first kappa shape index (κ1) is 11.7. The molecule has 1 aromatic rings. The molecule has 5 nitrogen and oxygen atoms in total. The number of rotatable bonds is 4. The van der Waals surface area contributed by atoms with Crippen LogP contribution >= 0.6 is 0 Å². The first-order chi connectivity index (χ1) is 7.07. The molecule has 0 aliphatic carbocycles. The lowest BCUT2D eigenvalue weighted by atomic mass is 9.98. The molecule has 0 fully saturated rings. The molecule has 0 amide bonds. The standard InChI is InChI=1S/C10H15NO4/c1-3-10(13,6-11)8-5-4-7(15-8)9(12)14-2/h4-5,13H,3,6,11H2,1-2H3. The van der Waals surface area contributed by atoms with Gasteiger partial charge in [0.25, 0.3) is 0 Å². The molecule has 0 saturated carbocycles. The summed E-state index contributed by atoms with van der Waals surface area (Å²) in [7, 11) is 1.26. The van der Waals surface area contributed by atoms with Crippen molar-refractivity contribution in [1.29, 1.82) is 0 Å². The number of nitrogens with two attached hydrogens (primary N) is 1. The molecule has 3 N–H and O–H groups in total. The number of hydrogen-bond acceptors (Lipinski definition) is 5. The summed E-state index contributed by atoms with van der Waals surface area (Å²) in [5.41, 5.74) is 4.23. The number of aliphatic hydroxyl groups is 1. The molecule has 5 heteroatoms. The lowest BCUT2D eigenvalue weighted by Crippen LogP contribution is -2.33. The number of esters is 1. The second-order valence-corrected chi connectivity index (χ2v) is 3.24. The Kier molecular flexibility index (Phi) is 3.49. The number of carbonyl (C=O) groups excluding carboxylic acids is 1. The molecule has 15 heavy (non-hydrogen) atoms. The van der Waals surface area contributed by atoms with Crippen molar-refractivity contribution in [3.8, 4) is 0 Å². The molecule has 0 aliphatic heterocycles. The fourth-order valence-corrected chi connectivity index (χ4v) is 1.22. The summed E-state index contributed by atoms with van der Waals surface area (Å²) in [5, 5.41) is 10.00. The zero-order chi connectivity index (χ0) is 11.5. The quantitative estimate of drug-likeness (QED) is 0.716. The van der Waals surface area contributed by atoms with Crippen LogP contribution < -0.4 is 5.73 Å². The number of carbonyl (C=O) groups is 1. The third-order valence-electron chi connectivity index (χ3n) is 2.37. The largest absolute Gasteiger partial charge is 0.463 e. The van der Waals surface area contributed by atoms with Crippen LogP contribution in [0.5, 0.6) is 0 Å². The van der Waals surface area contributed by atoms with Gasteiger partial charge < -0.3 is 20.0 Å². The molecule has 0 aromatic carbocycles. The van der Waals surface area contributed by atoms with Gasteiger partial charge in [0.05, 0.1) is 7.11 Å². The highest BCUT2D eigenvalue weighted by Crippen LogP contribution is 2.25. The minimum absolute atomic E-state index is 0.0393. The smallest absolute Gasteiger partial charge is 0.373 e. The van der Waals surface area contributed by atoms with E-state index in [9.17, 15) is 9.90 Å². The minimum atomic E-state index is -1.22. The topological polar surface area (TPSA) is 85.7 Å². The summed E-state index contributed by atoms with van der Waals surface area (Å²) in [4.78, 5) is 11.1. The number of hydrogen-bond donors (Lipinski definition) is 2. The molecule has 1 atom stereocenters. The van der Waals surface area contributed by atoms with Gasteiger partial charge in [-0.15, -0.1) is 0 Å². The summed E-state index contributed by atoms with van der Waals surface area (Å²) in [6.07, 6.45) is 0.414. The zero-order valence-corrected chi connectivity index (χ0v) is 8.82.